The molecule has 0 radical (unpaired) electrons. The maximum Gasteiger partial charge on any atom is 0.332 e. The number of nitrogen functional groups attached to an aromatic ring is 1. The molecule has 0 fully saturated rings. The van der Waals surface area contributed by atoms with Crippen LogP contribution < -0.4 is 11.2 Å². The normalized spacial score (nSPS) is 10.2. The fraction of sp³-hybridized carbons (Fsp3) is 0.259. The average Bonchev–Trinajstić information content (AvgIpc) is 2.82. The lowest BCUT2D eigenvalue weighted by molar-refractivity contribution is -0.158. The van der Waals surface area contributed by atoms with Crippen molar-refractivity contribution in [1.82, 2.24) is 5.48 Å². The fourth-order valence-electron chi connectivity index (χ4n) is 3.51. The molecule has 174 valence electrons. The molecule has 0 saturated heterocycles. The zero-order valence-corrected chi connectivity index (χ0v) is 19.5. The summed E-state index contributed by atoms with van der Waals surface area (Å²) in [5, 5.41) is 0. The summed E-state index contributed by atoms with van der Waals surface area (Å²) >= 11 is 0. The first kappa shape index (κ1) is 25.9. The van der Waals surface area contributed by atoms with E-state index in [1.165, 1.54) is 11.1 Å². The van der Waals surface area contributed by atoms with Crippen LogP contribution in [0.25, 0.3) is 0 Å². The van der Waals surface area contributed by atoms with Crippen molar-refractivity contribution in [3.63, 3.8) is 0 Å². The Morgan fingerprint density at radius 2 is 1.30 bits per heavy atom. The molecule has 0 atom stereocenters. The predicted octanol–water partition coefficient (Wildman–Crippen LogP) is 5.01. The SMILES string of the molecule is Cl.Nc1ccccc1CCC(=O)ONC(=O)Cc1ccc(CCCCc2ccccc2)cc1. The number of carbonyl (C=O) groups is 2. The Bertz CT molecular complexity index is 1010. The second kappa shape index (κ2) is 14.0. The molecule has 0 aliphatic rings. The number of amides is 1. The minimum atomic E-state index is -0.493. The summed E-state index contributed by atoms with van der Waals surface area (Å²) in [6, 6.07) is 25.9. The lowest BCUT2D eigenvalue weighted by Crippen LogP contribution is -2.28. The van der Waals surface area contributed by atoms with E-state index in [1.807, 2.05) is 36.4 Å². The zero-order valence-electron chi connectivity index (χ0n) is 18.7. The number of aryl methyl sites for hydroxylation is 3. The fourth-order valence-corrected chi connectivity index (χ4v) is 3.51. The van der Waals surface area contributed by atoms with Gasteiger partial charge >= 0.3 is 5.97 Å². The van der Waals surface area contributed by atoms with Crippen molar-refractivity contribution in [3.05, 3.63) is 101 Å². The molecule has 3 aromatic rings. The van der Waals surface area contributed by atoms with Crippen LogP contribution in [-0.4, -0.2) is 11.9 Å². The standard InChI is InChI=1S/C27H30N2O3.ClH/c28-25-13-7-6-12-24(25)18-19-27(31)32-29-26(30)20-23-16-14-22(15-17-23)11-5-4-10-21-8-2-1-3-9-21;/h1-3,6-9,12-17H,4-5,10-11,18-20,28H2,(H,29,30);1H. The van der Waals surface area contributed by atoms with E-state index in [-0.39, 0.29) is 31.2 Å². The number of nitrogens with one attached hydrogen (secondary N) is 1. The number of unbranched alkanes of at least 4 members (excludes halogenated alkanes) is 1. The van der Waals surface area contributed by atoms with Crippen molar-refractivity contribution >= 4 is 30.0 Å². The molecule has 1 amide bonds. The molecule has 0 heterocycles. The summed E-state index contributed by atoms with van der Waals surface area (Å²) < 4.78 is 0. The molecule has 3 aromatic carbocycles. The third-order valence-electron chi connectivity index (χ3n) is 5.34. The summed E-state index contributed by atoms with van der Waals surface area (Å²) in [6.07, 6.45) is 5.16. The van der Waals surface area contributed by atoms with Crippen LogP contribution in [0.5, 0.6) is 0 Å². The highest BCUT2D eigenvalue weighted by Crippen LogP contribution is 2.13. The summed E-state index contributed by atoms with van der Waals surface area (Å²) in [4.78, 5) is 28.8. The maximum atomic E-state index is 12.1. The van der Waals surface area contributed by atoms with E-state index < -0.39 is 5.97 Å². The van der Waals surface area contributed by atoms with Gasteiger partial charge in [-0.1, -0.05) is 72.8 Å². The average molecular weight is 467 g/mol. The van der Waals surface area contributed by atoms with Gasteiger partial charge in [0.2, 0.25) is 0 Å². The number of benzene rings is 3. The molecule has 0 aromatic heterocycles. The summed E-state index contributed by atoms with van der Waals surface area (Å²) in [7, 11) is 0. The van der Waals surface area contributed by atoms with Gasteiger partial charge in [-0.05, 0) is 60.4 Å². The Balaban J connectivity index is 0.00000385. The maximum absolute atomic E-state index is 12.1. The van der Waals surface area contributed by atoms with Gasteiger partial charge in [-0.3, -0.25) is 4.79 Å². The molecular formula is C27H31ClN2O3. The van der Waals surface area contributed by atoms with E-state index in [1.54, 1.807) is 6.07 Å². The first-order chi connectivity index (χ1) is 15.6. The first-order valence-corrected chi connectivity index (χ1v) is 11.0. The van der Waals surface area contributed by atoms with Crippen molar-refractivity contribution in [2.24, 2.45) is 0 Å². The number of hydrogen-bond acceptors (Lipinski definition) is 4. The van der Waals surface area contributed by atoms with Crippen LogP contribution in [0.3, 0.4) is 0 Å². The van der Waals surface area contributed by atoms with Gasteiger partial charge in [-0.2, -0.15) is 5.48 Å². The second-order valence-corrected chi connectivity index (χ2v) is 7.88. The molecule has 0 aliphatic carbocycles. The molecular weight excluding hydrogens is 436 g/mol. The van der Waals surface area contributed by atoms with Crippen LogP contribution in [0.15, 0.2) is 78.9 Å². The molecule has 6 heteroatoms. The highest BCUT2D eigenvalue weighted by molar-refractivity contribution is 5.85. The monoisotopic (exact) mass is 466 g/mol. The van der Waals surface area contributed by atoms with E-state index in [0.29, 0.717) is 12.1 Å². The topological polar surface area (TPSA) is 81.4 Å². The van der Waals surface area contributed by atoms with Gasteiger partial charge in [0.1, 0.15) is 0 Å². The van der Waals surface area contributed by atoms with Crippen molar-refractivity contribution in [2.45, 2.75) is 44.9 Å². The number of carbonyl (C=O) groups excluding carboxylic acids is 2. The highest BCUT2D eigenvalue weighted by atomic mass is 35.5. The molecule has 3 N–H and O–H groups in total. The Morgan fingerprint density at radius 1 is 0.727 bits per heavy atom. The summed E-state index contributed by atoms with van der Waals surface area (Å²) in [5.41, 5.74) is 13.1. The van der Waals surface area contributed by atoms with Crippen molar-refractivity contribution in [1.29, 1.82) is 0 Å². The number of halogens is 1. The molecule has 0 aliphatic heterocycles. The molecule has 3 rings (SSSR count). The van der Waals surface area contributed by atoms with Crippen LogP contribution >= 0.6 is 12.4 Å². The zero-order chi connectivity index (χ0) is 22.6. The molecule has 0 spiro atoms. The minimum absolute atomic E-state index is 0. The summed E-state index contributed by atoms with van der Waals surface area (Å²) in [6.45, 7) is 0. The third kappa shape index (κ3) is 9.38. The number of hydrogen-bond donors (Lipinski definition) is 2. The lowest BCUT2D eigenvalue weighted by Gasteiger charge is -2.08. The van der Waals surface area contributed by atoms with Gasteiger partial charge in [0, 0.05) is 5.69 Å². The number of anilines is 1. The van der Waals surface area contributed by atoms with Crippen molar-refractivity contribution < 1.29 is 14.4 Å². The van der Waals surface area contributed by atoms with Crippen LogP contribution in [0.1, 0.15) is 41.5 Å². The molecule has 33 heavy (non-hydrogen) atoms. The third-order valence-corrected chi connectivity index (χ3v) is 5.34. The van der Waals surface area contributed by atoms with Gasteiger partial charge in [0.15, 0.2) is 0 Å². The number of nitrogens with two attached hydrogens (primary N) is 1. The van der Waals surface area contributed by atoms with E-state index in [4.69, 9.17) is 10.6 Å². The van der Waals surface area contributed by atoms with Gasteiger partial charge in [0.05, 0.1) is 12.8 Å². The smallest absolute Gasteiger partial charge is 0.332 e. The van der Waals surface area contributed by atoms with Gasteiger partial charge in [-0.25, -0.2) is 4.79 Å². The predicted molar refractivity (Wildman–Crippen MR) is 134 cm³/mol. The number of rotatable bonds is 10. The Hall–Kier alpha value is -3.31. The minimum Gasteiger partial charge on any atom is -0.399 e. The largest absolute Gasteiger partial charge is 0.399 e. The van der Waals surface area contributed by atoms with E-state index in [0.717, 1.165) is 36.8 Å². The van der Waals surface area contributed by atoms with E-state index >= 15 is 0 Å². The van der Waals surface area contributed by atoms with Gasteiger partial charge in [0.25, 0.3) is 5.91 Å². The lowest BCUT2D eigenvalue weighted by atomic mass is 10.0. The van der Waals surface area contributed by atoms with Crippen LogP contribution in [0.2, 0.25) is 0 Å². The Morgan fingerprint density at radius 3 is 1.97 bits per heavy atom. The second-order valence-electron chi connectivity index (χ2n) is 7.88. The number of para-hydroxylation sites is 1. The number of hydroxylamine groups is 1. The van der Waals surface area contributed by atoms with Crippen LogP contribution in [0, 0.1) is 0 Å². The quantitative estimate of drug-likeness (QED) is 0.250. The van der Waals surface area contributed by atoms with Crippen LogP contribution in [0.4, 0.5) is 5.69 Å². The Kier molecular flexibility index (Phi) is 11.0. The summed E-state index contributed by atoms with van der Waals surface area (Å²) in [5.74, 6) is -0.847. The first-order valence-electron chi connectivity index (χ1n) is 11.0. The molecule has 0 unspecified atom stereocenters. The van der Waals surface area contributed by atoms with Gasteiger partial charge in [-0.15, -0.1) is 12.4 Å². The molecule has 0 bridgehead atoms. The Labute approximate surface area is 201 Å². The van der Waals surface area contributed by atoms with Crippen LogP contribution in [-0.2, 0) is 40.1 Å². The van der Waals surface area contributed by atoms with Crippen molar-refractivity contribution in [2.75, 3.05) is 5.73 Å². The van der Waals surface area contributed by atoms with Gasteiger partial charge < -0.3 is 10.6 Å². The highest BCUT2D eigenvalue weighted by Gasteiger charge is 2.09. The van der Waals surface area contributed by atoms with E-state index in [2.05, 4.69) is 41.9 Å². The van der Waals surface area contributed by atoms with Crippen molar-refractivity contribution in [3.8, 4) is 0 Å². The van der Waals surface area contributed by atoms with E-state index in [9.17, 15) is 9.59 Å². The molecule has 0 saturated carbocycles. The molecule has 5 nitrogen and oxygen atoms in total.